The molecule has 29 rings (SSSR count). The fraction of sp³-hybridized carbons (Fsp3) is 0. The minimum absolute atomic E-state index is 0.130. The molecule has 0 radical (unpaired) electrons. The van der Waals surface area contributed by atoms with Crippen LogP contribution < -0.4 is 0 Å². The minimum atomic E-state index is 0.130. The van der Waals surface area contributed by atoms with Crippen molar-refractivity contribution in [3.8, 4) is 135 Å². The summed E-state index contributed by atoms with van der Waals surface area (Å²) in [7, 11) is 0. The van der Waals surface area contributed by atoms with Crippen LogP contribution in [-0.2, 0) is 0 Å². The van der Waals surface area contributed by atoms with Crippen LogP contribution >= 0.6 is 0 Å². The zero-order chi connectivity index (χ0) is 95.3. The van der Waals surface area contributed by atoms with Crippen LogP contribution in [0.3, 0.4) is 0 Å². The normalized spacial score (nSPS) is 11.5. The number of aromatic nitrogens is 8. The molecule has 0 spiro atoms. The van der Waals surface area contributed by atoms with Gasteiger partial charge in [0.05, 0.1) is 0 Å². The van der Waals surface area contributed by atoms with Crippen LogP contribution in [0.5, 0.6) is 0 Å². The van der Waals surface area contributed by atoms with Gasteiger partial charge in [-0.25, -0.2) is 0 Å². The molecule has 0 fully saturated rings. The fourth-order valence-electron chi connectivity index (χ4n) is 20.0. The van der Waals surface area contributed by atoms with Crippen molar-refractivity contribution in [2.24, 2.45) is 0 Å². The molecule has 144 heavy (non-hydrogen) atoms. The van der Waals surface area contributed by atoms with Crippen molar-refractivity contribution in [3.63, 3.8) is 0 Å². The second-order valence-electron chi connectivity index (χ2n) is 35.7. The molecule has 12 heteroatoms. The summed E-state index contributed by atoms with van der Waals surface area (Å²) >= 11 is 0.693. The molecule has 29 aromatic rings. The molecule has 0 atom stereocenters. The van der Waals surface area contributed by atoms with Gasteiger partial charge < -0.3 is 0 Å². The van der Waals surface area contributed by atoms with Gasteiger partial charge in [0, 0.05) is 0 Å². The number of benzene rings is 21. The molecule has 8 nitrogen and oxygen atoms in total. The van der Waals surface area contributed by atoms with Crippen molar-refractivity contribution in [1.82, 2.24) is 39.9 Å². The van der Waals surface area contributed by atoms with Crippen molar-refractivity contribution < 1.29 is 0 Å². The molecule has 674 valence electrons. The van der Waals surface area contributed by atoms with Gasteiger partial charge in [0.25, 0.3) is 0 Å². The van der Waals surface area contributed by atoms with E-state index in [0.29, 0.717) is 0 Å². The Hall–Kier alpha value is -16.7. The van der Waals surface area contributed by atoms with Crippen LogP contribution in [0.4, 0.5) is 0 Å². The van der Waals surface area contributed by atoms with Crippen LogP contribution in [-0.4, -0.2) is 97.9 Å². The first-order chi connectivity index (χ1) is 71.4. The number of rotatable bonds is 12. The van der Waals surface area contributed by atoms with Gasteiger partial charge in [-0.05, 0) is 0 Å². The first-order valence-electron chi connectivity index (χ1n) is 48.2. The fourth-order valence-corrected chi connectivity index (χ4v) is 31.1. The predicted octanol–water partition coefficient (Wildman–Crippen LogP) is 33.1. The van der Waals surface area contributed by atoms with E-state index in [1.165, 1.54) is 155 Å². The van der Waals surface area contributed by atoms with E-state index >= 15 is 0 Å². The van der Waals surface area contributed by atoms with Gasteiger partial charge in [-0.2, -0.15) is 0 Å². The van der Waals surface area contributed by atoms with E-state index in [9.17, 15) is 0 Å². The second-order valence-corrected chi connectivity index (χ2v) is 44.3. The molecule has 0 saturated heterocycles. The van der Waals surface area contributed by atoms with Gasteiger partial charge in [0.2, 0.25) is 0 Å². The maximum atomic E-state index is 5.27. The van der Waals surface area contributed by atoms with Gasteiger partial charge in [-0.15, -0.1) is 0 Å². The molecule has 0 aliphatic carbocycles. The Labute approximate surface area is 854 Å². The summed E-state index contributed by atoms with van der Waals surface area (Å²) in [5.41, 5.74) is 34.3. The first kappa shape index (κ1) is 87.6. The van der Waals surface area contributed by atoms with Gasteiger partial charge >= 0.3 is 862 Å². The summed E-state index contributed by atoms with van der Waals surface area (Å²) in [6.07, 6.45) is 0. The molecule has 8 heterocycles. The second kappa shape index (κ2) is 38.4. The molecule has 0 unspecified atom stereocenters. The van der Waals surface area contributed by atoms with E-state index in [-0.39, 0.29) is 58.0 Å². The van der Waals surface area contributed by atoms with E-state index in [4.69, 9.17) is 39.9 Å². The zero-order valence-corrected chi connectivity index (χ0v) is 84.4. The number of fused-ring (bicyclic) bond motifs is 17. The Bertz CT molecular complexity index is 9970. The van der Waals surface area contributed by atoms with E-state index in [0.717, 1.165) is 112 Å². The molecule has 0 aliphatic heterocycles. The molecule has 0 N–H and O–H groups in total. The van der Waals surface area contributed by atoms with Crippen molar-refractivity contribution in [2.75, 3.05) is 0 Å². The summed E-state index contributed by atoms with van der Waals surface area (Å²) in [5.74, 6) is 0. The van der Waals surface area contributed by atoms with Gasteiger partial charge in [-0.1, -0.05) is 0 Å². The van der Waals surface area contributed by atoms with Crippen LogP contribution in [0.2, 0.25) is 0 Å². The molecule has 21 aromatic carbocycles. The Balaban J connectivity index is 0.0000000986. The average Bonchev–Trinajstić information content (AvgIpc) is 1.49. The van der Waals surface area contributed by atoms with Crippen molar-refractivity contribution in [3.05, 3.63) is 497 Å². The van der Waals surface area contributed by atoms with Crippen molar-refractivity contribution in [2.45, 2.75) is 0 Å². The standard InChI is InChI=1S/C38H24N2Se.C36H22N2Se.C32H20N2Se.C26H16N2Se/c1-3-11-25(12-4-1)26-21-23-28(24-22-26)35-36(40-34-20-8-7-19-33(34)39-35)32-18-10-17-31-30-16-9-15-29(37(30)41-38(31)32)27-13-5-2-6-14-27;1-2-11-24(12-3-1)33-34(38-32-19-7-6-18-31(32)37-33)30-17-9-16-29-28-15-8-14-27(35(28)39-36(29)30)26-21-20-23-10-4-5-13-25(23)22-26;1-3-11-21(12-4-1)23-15-9-16-24-25-17-10-18-26(32(25)35-31(23)24)30-29(22-13-5-2-6-14-22)33-27-19-7-8-20-28(27)34-30;1-2-9-17(10-3-1)24-25(28-22-15-6-5-14-21(22)27-24)20-13-8-12-19-18-11-4-7-16-23(18)29-26(19)20/h1-24H;1-22H;1-20H;1-16H. The zero-order valence-electron chi connectivity index (χ0n) is 77.6. The van der Waals surface area contributed by atoms with Gasteiger partial charge in [-0.3, -0.25) is 0 Å². The SMILES string of the molecule is c1ccc(-c2ccc(-c3nc4ccccc4nc3-c3cccc4c3[se]c3c(-c5ccccc5)cccc34)cc2)cc1.c1ccc(-c2nc3ccccc3nc2-c2cccc3c2[se]c2c(-c4ccc5ccccc5c4)cccc23)cc1.c1ccc(-c2nc3ccccc3nc2-c2cccc3c2[se]c2c(-c4ccccc4)cccc23)cc1.c1ccc(-c2nc3ccccc3nc2-c2cccc3c2[se]c2ccccc23)cc1. The Morgan fingerprint density at radius 1 is 0.118 bits per heavy atom. The van der Waals surface area contributed by atoms with Crippen LogP contribution in [0, 0.1) is 0 Å². The number of hydrogen-bond acceptors (Lipinski definition) is 8. The van der Waals surface area contributed by atoms with Gasteiger partial charge in [0.1, 0.15) is 0 Å². The summed E-state index contributed by atoms with van der Waals surface area (Å²) in [4.78, 5) is 41.3. The first-order valence-corrected chi connectivity index (χ1v) is 55.0. The Morgan fingerprint density at radius 3 is 0.660 bits per heavy atom. The predicted molar refractivity (Wildman–Crippen MR) is 609 cm³/mol. The molecule has 0 bridgehead atoms. The Morgan fingerprint density at radius 2 is 0.326 bits per heavy atom. The van der Waals surface area contributed by atoms with Gasteiger partial charge in [0.15, 0.2) is 0 Å². The van der Waals surface area contributed by atoms with Crippen LogP contribution in [0.15, 0.2) is 497 Å². The molecular weight excluding hydrogens is 2010 g/mol. The number of nitrogens with zero attached hydrogens (tertiary/aromatic N) is 8. The average molecular weight is 2100 g/mol. The summed E-state index contributed by atoms with van der Waals surface area (Å²) in [6.45, 7) is 0. The molecule has 0 saturated carbocycles. The number of para-hydroxylation sites is 8. The third-order valence-corrected chi connectivity index (χ3v) is 37.6. The third-order valence-electron chi connectivity index (χ3n) is 26.9. The van der Waals surface area contributed by atoms with Crippen LogP contribution in [0.25, 0.3) is 267 Å². The van der Waals surface area contributed by atoms with E-state index in [1.807, 2.05) is 91.0 Å². The molecular formula is C132H82N8Se4. The van der Waals surface area contributed by atoms with E-state index in [1.54, 1.807) is 0 Å². The topological polar surface area (TPSA) is 103 Å². The summed E-state index contributed by atoms with van der Waals surface area (Å²) < 4.78 is 11.3. The molecule has 8 aromatic heterocycles. The number of hydrogen-bond donors (Lipinski definition) is 0. The van der Waals surface area contributed by atoms with E-state index in [2.05, 4.69) is 406 Å². The van der Waals surface area contributed by atoms with Crippen molar-refractivity contribution in [1.29, 1.82) is 0 Å². The summed E-state index contributed by atoms with van der Waals surface area (Å²) in [5, 5.41) is 13.2. The quantitative estimate of drug-likeness (QED) is 0.111. The maximum absolute atomic E-state index is 5.27. The molecule has 0 amide bonds. The third kappa shape index (κ3) is 16.5. The van der Waals surface area contributed by atoms with Crippen LogP contribution in [0.1, 0.15) is 0 Å². The monoisotopic (exact) mass is 2100 g/mol. The van der Waals surface area contributed by atoms with E-state index < -0.39 is 0 Å². The Kier molecular flexibility index (Phi) is 23.3. The van der Waals surface area contributed by atoms with Crippen molar-refractivity contribution >= 4 is 190 Å². The summed E-state index contributed by atoms with van der Waals surface area (Å²) in [6, 6.07) is 176. The molecule has 0 aliphatic rings.